The van der Waals surface area contributed by atoms with E-state index < -0.39 is 11.6 Å². The summed E-state index contributed by atoms with van der Waals surface area (Å²) in [5.41, 5.74) is 7.32. The van der Waals surface area contributed by atoms with Crippen LogP contribution in [0.2, 0.25) is 0 Å². The standard InChI is InChI=1S/C32H30F2N6O2S/c1-17-16-39(3)25-11-19(15-36-29(17)25)30-21-5-10-43-32(21)28(27-22(34)12-20(33)13-26(27)42-9-8-41-4)31(37-30)23-14-24-18(2)35-6-7-40(24)38-23/h5,10-16,18,35H,6-9H2,1-4H3. The quantitative estimate of drug-likeness (QED) is 0.207. The number of nitrogens with zero attached hydrogens (tertiary/aromatic N) is 5. The minimum absolute atomic E-state index is 0.0847. The van der Waals surface area contributed by atoms with Crippen LogP contribution in [-0.2, 0) is 18.3 Å². The maximum Gasteiger partial charge on any atom is 0.137 e. The topological polar surface area (TPSA) is 79.0 Å². The van der Waals surface area contributed by atoms with E-state index in [0.29, 0.717) is 29.2 Å². The summed E-state index contributed by atoms with van der Waals surface area (Å²) >= 11 is 1.47. The van der Waals surface area contributed by atoms with Gasteiger partial charge in [-0.3, -0.25) is 9.67 Å². The van der Waals surface area contributed by atoms with Crippen molar-refractivity contribution in [2.45, 2.75) is 26.4 Å². The van der Waals surface area contributed by atoms with Crippen LogP contribution in [0.4, 0.5) is 8.78 Å². The van der Waals surface area contributed by atoms with Gasteiger partial charge in [0.05, 0.1) is 41.1 Å². The van der Waals surface area contributed by atoms with Crippen molar-refractivity contribution in [3.05, 3.63) is 71.0 Å². The Morgan fingerprint density at radius 1 is 1.12 bits per heavy atom. The molecule has 0 spiro atoms. The average Bonchev–Trinajstić information content (AvgIpc) is 3.71. The Bertz CT molecular complexity index is 2010. The highest BCUT2D eigenvalue weighted by Gasteiger charge is 2.28. The molecule has 0 radical (unpaired) electrons. The lowest BCUT2D eigenvalue weighted by Gasteiger charge is -2.21. The van der Waals surface area contributed by atoms with Crippen molar-refractivity contribution >= 4 is 32.5 Å². The van der Waals surface area contributed by atoms with Gasteiger partial charge in [-0.1, -0.05) is 0 Å². The van der Waals surface area contributed by atoms with Crippen LogP contribution in [0, 0.1) is 18.6 Å². The van der Waals surface area contributed by atoms with Crippen molar-refractivity contribution in [1.82, 2.24) is 29.6 Å². The third kappa shape index (κ3) is 4.68. The molecule has 5 aromatic heterocycles. The van der Waals surface area contributed by atoms with Crippen LogP contribution in [0.5, 0.6) is 5.75 Å². The molecule has 1 atom stereocenters. The first-order valence-corrected chi connectivity index (χ1v) is 15.0. The molecule has 1 N–H and O–H groups in total. The molecule has 8 nitrogen and oxygen atoms in total. The first-order chi connectivity index (χ1) is 20.8. The highest BCUT2D eigenvalue weighted by Crippen LogP contribution is 2.47. The van der Waals surface area contributed by atoms with Gasteiger partial charge in [-0.15, -0.1) is 11.3 Å². The van der Waals surface area contributed by atoms with Gasteiger partial charge in [-0.25, -0.2) is 13.8 Å². The van der Waals surface area contributed by atoms with Crippen LogP contribution >= 0.6 is 11.3 Å². The maximum atomic E-state index is 15.9. The first kappa shape index (κ1) is 27.6. The van der Waals surface area contributed by atoms with Crippen molar-refractivity contribution in [3.63, 3.8) is 0 Å². The van der Waals surface area contributed by atoms with Gasteiger partial charge in [-0.2, -0.15) is 5.10 Å². The Labute approximate surface area is 250 Å². The van der Waals surface area contributed by atoms with E-state index in [1.54, 1.807) is 7.11 Å². The Kier molecular flexibility index (Phi) is 6.95. The van der Waals surface area contributed by atoms with E-state index in [0.717, 1.165) is 50.6 Å². The van der Waals surface area contributed by atoms with Crippen LogP contribution < -0.4 is 10.1 Å². The van der Waals surface area contributed by atoms with Crippen LogP contribution in [0.3, 0.4) is 0 Å². The van der Waals surface area contributed by atoms with Gasteiger partial charge < -0.3 is 19.4 Å². The molecule has 0 amide bonds. The molecule has 43 heavy (non-hydrogen) atoms. The van der Waals surface area contributed by atoms with Gasteiger partial charge in [-0.05, 0) is 43.0 Å². The molecule has 0 fully saturated rings. The van der Waals surface area contributed by atoms with Crippen molar-refractivity contribution in [1.29, 1.82) is 0 Å². The normalized spacial score (nSPS) is 15.0. The number of pyridine rings is 2. The molecule has 1 aliphatic heterocycles. The Morgan fingerprint density at radius 3 is 2.79 bits per heavy atom. The zero-order valence-corrected chi connectivity index (χ0v) is 25.1. The fourth-order valence-corrected chi connectivity index (χ4v) is 6.89. The molecule has 1 aliphatic rings. The van der Waals surface area contributed by atoms with E-state index in [2.05, 4.69) is 29.1 Å². The zero-order chi connectivity index (χ0) is 29.8. The number of rotatable bonds is 7. The van der Waals surface area contributed by atoms with E-state index in [4.69, 9.17) is 24.5 Å². The van der Waals surface area contributed by atoms with Gasteiger partial charge in [0.1, 0.15) is 35.4 Å². The van der Waals surface area contributed by atoms with E-state index in [1.807, 2.05) is 42.4 Å². The number of nitrogens with one attached hydrogen (secondary N) is 1. The third-order valence-electron chi connectivity index (χ3n) is 7.97. The van der Waals surface area contributed by atoms with Crippen LogP contribution in [0.1, 0.15) is 24.2 Å². The molecule has 0 saturated heterocycles. The number of aryl methyl sites for hydroxylation is 2. The summed E-state index contributed by atoms with van der Waals surface area (Å²) in [7, 11) is 3.54. The fraction of sp³-hybridized carbons (Fsp3) is 0.281. The lowest BCUT2D eigenvalue weighted by Crippen LogP contribution is -2.31. The summed E-state index contributed by atoms with van der Waals surface area (Å²) in [6.07, 6.45) is 3.89. The summed E-state index contributed by atoms with van der Waals surface area (Å²) in [6, 6.07) is 8.25. The Hall–Kier alpha value is -4.19. The molecule has 1 aromatic carbocycles. The highest BCUT2D eigenvalue weighted by atomic mass is 32.1. The van der Waals surface area contributed by atoms with Crippen LogP contribution in [-0.4, -0.2) is 51.2 Å². The predicted octanol–water partition coefficient (Wildman–Crippen LogP) is 6.66. The molecule has 1 unspecified atom stereocenters. The molecule has 6 heterocycles. The van der Waals surface area contributed by atoms with Crippen molar-refractivity contribution in [3.8, 4) is 39.5 Å². The third-order valence-corrected chi connectivity index (χ3v) is 8.91. The summed E-state index contributed by atoms with van der Waals surface area (Å²) in [5.74, 6) is -1.38. The summed E-state index contributed by atoms with van der Waals surface area (Å²) < 4.78 is 46.4. The van der Waals surface area contributed by atoms with Crippen LogP contribution in [0.15, 0.2) is 48.1 Å². The second-order valence-electron chi connectivity index (χ2n) is 10.8. The molecular weight excluding hydrogens is 570 g/mol. The van der Waals surface area contributed by atoms with E-state index >= 15 is 4.39 Å². The number of hydrogen-bond acceptors (Lipinski definition) is 7. The molecule has 0 aliphatic carbocycles. The van der Waals surface area contributed by atoms with Crippen LogP contribution in [0.25, 0.3) is 54.9 Å². The fourth-order valence-electron chi connectivity index (χ4n) is 5.95. The molecule has 11 heteroatoms. The van der Waals surface area contributed by atoms with Crippen molar-refractivity contribution < 1.29 is 18.3 Å². The van der Waals surface area contributed by atoms with Gasteiger partial charge >= 0.3 is 0 Å². The smallest absolute Gasteiger partial charge is 0.137 e. The number of thiophene rings is 1. The molecule has 7 rings (SSSR count). The lowest BCUT2D eigenvalue weighted by atomic mass is 9.96. The highest BCUT2D eigenvalue weighted by molar-refractivity contribution is 7.18. The number of aromatic nitrogens is 5. The molecule has 0 saturated carbocycles. The van der Waals surface area contributed by atoms with Crippen molar-refractivity contribution in [2.24, 2.45) is 7.05 Å². The minimum Gasteiger partial charge on any atom is -0.490 e. The van der Waals surface area contributed by atoms with E-state index in [-0.39, 0.29) is 30.6 Å². The summed E-state index contributed by atoms with van der Waals surface area (Å²) in [6.45, 7) is 6.01. The molecule has 6 aromatic rings. The largest absolute Gasteiger partial charge is 0.490 e. The van der Waals surface area contributed by atoms with Gasteiger partial charge in [0.15, 0.2) is 0 Å². The second-order valence-corrected chi connectivity index (χ2v) is 11.7. The van der Waals surface area contributed by atoms with Gasteiger partial charge in [0.2, 0.25) is 0 Å². The summed E-state index contributed by atoms with van der Waals surface area (Å²) in [4.78, 5) is 10.00. The van der Waals surface area contributed by atoms with Gasteiger partial charge in [0.25, 0.3) is 0 Å². The van der Waals surface area contributed by atoms with E-state index in [1.165, 1.54) is 17.4 Å². The number of benzene rings is 1. The lowest BCUT2D eigenvalue weighted by molar-refractivity contribution is 0.146. The number of methoxy groups -OCH3 is 1. The summed E-state index contributed by atoms with van der Waals surface area (Å²) in [5, 5.41) is 11.2. The molecular formula is C32H30F2N6O2S. The second kappa shape index (κ2) is 10.8. The van der Waals surface area contributed by atoms with Crippen molar-refractivity contribution in [2.75, 3.05) is 26.9 Å². The monoisotopic (exact) mass is 600 g/mol. The van der Waals surface area contributed by atoms with E-state index in [9.17, 15) is 4.39 Å². The Morgan fingerprint density at radius 2 is 1.98 bits per heavy atom. The number of halogens is 2. The number of hydrogen-bond donors (Lipinski definition) is 1. The zero-order valence-electron chi connectivity index (χ0n) is 24.2. The molecule has 220 valence electrons. The Balaban J connectivity index is 1.53. The maximum absolute atomic E-state index is 15.9. The van der Waals surface area contributed by atoms with Gasteiger partial charge in [0, 0.05) is 72.5 Å². The first-order valence-electron chi connectivity index (χ1n) is 14.1. The SMILES string of the molecule is COCCOc1cc(F)cc(F)c1-c1c(-c2cc3n(n2)CCNC3C)nc(-c2cnc3c(C)cn(C)c3c2)c2ccsc12. The average molecular weight is 601 g/mol. The predicted molar refractivity (Wildman–Crippen MR) is 164 cm³/mol. The number of ether oxygens (including phenoxy) is 2. The number of fused-ring (bicyclic) bond motifs is 3. The minimum atomic E-state index is -0.737. The molecule has 0 bridgehead atoms.